The Balaban J connectivity index is 2.57. The number of nitro groups is 1. The van der Waals surface area contributed by atoms with Gasteiger partial charge in [0, 0.05) is 31.9 Å². The van der Waals surface area contributed by atoms with E-state index in [9.17, 15) is 15.2 Å². The molecule has 0 amide bonds. The SMILES string of the molecule is COC(OC)[C@@]1(C)Oc2ccc([N+](=O)[O-])cc2[C@H](N)[C@@]1(N)O. The van der Waals surface area contributed by atoms with Crippen LogP contribution in [0.3, 0.4) is 0 Å². The van der Waals surface area contributed by atoms with Crippen molar-refractivity contribution < 1.29 is 24.2 Å². The summed E-state index contributed by atoms with van der Waals surface area (Å²) in [5, 5.41) is 21.5. The summed E-state index contributed by atoms with van der Waals surface area (Å²) in [6.45, 7) is 1.49. The van der Waals surface area contributed by atoms with Crippen LogP contribution in [0.15, 0.2) is 18.2 Å². The van der Waals surface area contributed by atoms with Crippen molar-refractivity contribution in [3.8, 4) is 5.75 Å². The Labute approximate surface area is 126 Å². The van der Waals surface area contributed by atoms with E-state index in [2.05, 4.69) is 0 Å². The third-order valence-corrected chi connectivity index (χ3v) is 4.01. The molecule has 1 heterocycles. The highest BCUT2D eigenvalue weighted by molar-refractivity contribution is 5.49. The lowest BCUT2D eigenvalue weighted by molar-refractivity contribution is -0.385. The van der Waals surface area contributed by atoms with Gasteiger partial charge >= 0.3 is 0 Å². The van der Waals surface area contributed by atoms with Gasteiger partial charge < -0.3 is 25.1 Å². The maximum absolute atomic E-state index is 10.9. The molecule has 0 spiro atoms. The minimum atomic E-state index is -2.08. The molecule has 1 aromatic rings. The molecule has 9 heteroatoms. The molecule has 0 aliphatic carbocycles. The highest BCUT2D eigenvalue weighted by Gasteiger charge is 2.60. The van der Waals surface area contributed by atoms with Gasteiger partial charge in [-0.05, 0) is 13.0 Å². The molecule has 0 aromatic heterocycles. The summed E-state index contributed by atoms with van der Waals surface area (Å²) in [5.41, 5.74) is 8.47. The number of nitro benzene ring substituents is 1. The highest BCUT2D eigenvalue weighted by atomic mass is 16.7. The first-order valence-electron chi connectivity index (χ1n) is 6.48. The Kier molecular flexibility index (Phi) is 4.11. The summed E-state index contributed by atoms with van der Waals surface area (Å²) in [6.07, 6.45) is -1.00. The molecule has 0 radical (unpaired) electrons. The second-order valence-electron chi connectivity index (χ2n) is 5.29. The maximum Gasteiger partial charge on any atom is 0.270 e. The number of hydrogen-bond acceptors (Lipinski definition) is 8. The number of methoxy groups -OCH3 is 2. The third-order valence-electron chi connectivity index (χ3n) is 4.01. The number of nitrogens with two attached hydrogens (primary N) is 2. The van der Waals surface area contributed by atoms with Crippen molar-refractivity contribution in [3.05, 3.63) is 33.9 Å². The molecular weight excluding hydrogens is 294 g/mol. The summed E-state index contributed by atoms with van der Waals surface area (Å²) >= 11 is 0. The number of benzene rings is 1. The normalized spacial score (nSPS) is 30.8. The number of fused-ring (bicyclic) bond motifs is 1. The van der Waals surface area contributed by atoms with Crippen LogP contribution in [0, 0.1) is 10.1 Å². The van der Waals surface area contributed by atoms with Crippen LogP contribution in [-0.2, 0) is 9.47 Å². The van der Waals surface area contributed by atoms with Crippen LogP contribution in [0.1, 0.15) is 18.5 Å². The van der Waals surface area contributed by atoms with E-state index in [1.165, 1.54) is 39.3 Å². The number of nitrogens with zero attached hydrogens (tertiary/aromatic N) is 1. The average Bonchev–Trinajstić information content (AvgIpc) is 2.46. The van der Waals surface area contributed by atoms with E-state index in [0.29, 0.717) is 0 Å². The van der Waals surface area contributed by atoms with E-state index < -0.39 is 28.6 Å². The molecular formula is C13H19N3O6. The number of non-ortho nitro benzene ring substituents is 1. The second kappa shape index (κ2) is 5.45. The van der Waals surface area contributed by atoms with Gasteiger partial charge in [-0.2, -0.15) is 0 Å². The molecule has 0 bridgehead atoms. The summed E-state index contributed by atoms with van der Waals surface area (Å²) in [7, 11) is 2.74. The van der Waals surface area contributed by atoms with Crippen LogP contribution < -0.4 is 16.2 Å². The fourth-order valence-electron chi connectivity index (χ4n) is 2.62. The molecule has 1 aromatic carbocycles. The van der Waals surface area contributed by atoms with E-state index >= 15 is 0 Å². The number of aliphatic hydroxyl groups is 1. The predicted octanol–water partition coefficient (Wildman–Crippen LogP) is 0.0119. The van der Waals surface area contributed by atoms with Gasteiger partial charge in [-0.3, -0.25) is 15.8 Å². The molecule has 0 saturated carbocycles. The van der Waals surface area contributed by atoms with E-state index in [0.717, 1.165) is 0 Å². The van der Waals surface area contributed by atoms with Gasteiger partial charge in [0.2, 0.25) is 11.9 Å². The van der Waals surface area contributed by atoms with E-state index in [4.69, 9.17) is 25.7 Å². The topological polar surface area (TPSA) is 143 Å². The van der Waals surface area contributed by atoms with Crippen molar-refractivity contribution in [3.63, 3.8) is 0 Å². The van der Waals surface area contributed by atoms with Gasteiger partial charge in [0.25, 0.3) is 5.69 Å². The molecule has 22 heavy (non-hydrogen) atoms. The molecule has 0 saturated heterocycles. The van der Waals surface area contributed by atoms with Crippen LogP contribution in [0.5, 0.6) is 5.75 Å². The summed E-state index contributed by atoms with van der Waals surface area (Å²) in [6, 6.07) is 2.78. The Morgan fingerprint density at radius 1 is 1.45 bits per heavy atom. The zero-order chi connectivity index (χ0) is 16.7. The molecule has 9 nitrogen and oxygen atoms in total. The molecule has 5 N–H and O–H groups in total. The van der Waals surface area contributed by atoms with Gasteiger partial charge in [-0.1, -0.05) is 0 Å². The van der Waals surface area contributed by atoms with Gasteiger partial charge in [0.1, 0.15) is 5.75 Å². The zero-order valence-corrected chi connectivity index (χ0v) is 12.5. The van der Waals surface area contributed by atoms with Crippen LogP contribution in [0.2, 0.25) is 0 Å². The molecule has 1 aliphatic rings. The molecule has 0 fully saturated rings. The first-order chi connectivity index (χ1) is 10.2. The van der Waals surface area contributed by atoms with Gasteiger partial charge in [-0.15, -0.1) is 0 Å². The lowest BCUT2D eigenvalue weighted by Crippen LogP contribution is -2.73. The fourth-order valence-corrected chi connectivity index (χ4v) is 2.62. The highest BCUT2D eigenvalue weighted by Crippen LogP contribution is 2.45. The predicted molar refractivity (Wildman–Crippen MR) is 76.0 cm³/mol. The maximum atomic E-state index is 10.9. The molecule has 0 unspecified atom stereocenters. The monoisotopic (exact) mass is 313 g/mol. The van der Waals surface area contributed by atoms with Crippen LogP contribution in [-0.4, -0.2) is 41.9 Å². The smallest absolute Gasteiger partial charge is 0.270 e. The van der Waals surface area contributed by atoms with Crippen molar-refractivity contribution in [1.82, 2.24) is 0 Å². The Hall–Kier alpha value is -1.78. The van der Waals surface area contributed by atoms with Gasteiger partial charge in [0.15, 0.2) is 5.72 Å². The summed E-state index contributed by atoms with van der Waals surface area (Å²) in [4.78, 5) is 10.3. The van der Waals surface area contributed by atoms with Crippen LogP contribution in [0.4, 0.5) is 5.69 Å². The zero-order valence-electron chi connectivity index (χ0n) is 12.5. The average molecular weight is 313 g/mol. The fraction of sp³-hybridized carbons (Fsp3) is 0.538. The third kappa shape index (κ3) is 2.23. The largest absolute Gasteiger partial charge is 0.477 e. The van der Waals surface area contributed by atoms with Crippen LogP contribution >= 0.6 is 0 Å². The van der Waals surface area contributed by atoms with Crippen molar-refractivity contribution >= 4 is 5.69 Å². The first kappa shape index (κ1) is 16.6. The second-order valence-corrected chi connectivity index (χ2v) is 5.29. The Morgan fingerprint density at radius 2 is 2.05 bits per heavy atom. The Morgan fingerprint density at radius 3 is 2.55 bits per heavy atom. The van der Waals surface area contributed by atoms with Crippen molar-refractivity contribution in [2.75, 3.05) is 14.2 Å². The van der Waals surface area contributed by atoms with Gasteiger partial charge in [0.05, 0.1) is 11.0 Å². The minimum absolute atomic E-state index is 0.174. The number of ether oxygens (including phenoxy) is 3. The lowest BCUT2D eigenvalue weighted by atomic mass is 9.79. The number of rotatable bonds is 4. The van der Waals surface area contributed by atoms with Crippen molar-refractivity contribution in [2.45, 2.75) is 30.6 Å². The standard InChI is InChI=1S/C13H19N3O6/c1-12(11(20-2)21-3)13(15,17)10(14)8-6-7(16(18)19)4-5-9(8)22-12/h4-6,10-11,17H,14-15H2,1-3H3/t10-,12+,13+/m0/s1. The minimum Gasteiger partial charge on any atom is -0.477 e. The van der Waals surface area contributed by atoms with E-state index in [1.54, 1.807) is 0 Å². The Bertz CT molecular complexity index is 589. The summed E-state index contributed by atoms with van der Waals surface area (Å²) in [5.74, 6) is 0.273. The van der Waals surface area contributed by atoms with Crippen molar-refractivity contribution in [2.24, 2.45) is 11.5 Å². The number of hydrogen-bond donors (Lipinski definition) is 3. The van der Waals surface area contributed by atoms with E-state index in [1.807, 2.05) is 0 Å². The first-order valence-corrected chi connectivity index (χ1v) is 6.48. The summed E-state index contributed by atoms with van der Waals surface area (Å²) < 4.78 is 16.1. The van der Waals surface area contributed by atoms with Crippen LogP contribution in [0.25, 0.3) is 0 Å². The molecule has 2 rings (SSSR count). The molecule has 1 aliphatic heterocycles. The van der Waals surface area contributed by atoms with Gasteiger partial charge in [-0.25, -0.2) is 0 Å². The molecule has 122 valence electrons. The van der Waals surface area contributed by atoms with Crippen molar-refractivity contribution in [1.29, 1.82) is 0 Å². The lowest BCUT2D eigenvalue weighted by Gasteiger charge is -2.51. The van der Waals surface area contributed by atoms with E-state index in [-0.39, 0.29) is 17.0 Å². The quantitative estimate of drug-likeness (QED) is 0.401. The molecule has 3 atom stereocenters.